The molecule has 2 aromatic rings. The standard InChI is InChI=1S/C21H20N2O6/c1-28-16-11-14(12-17(29-2)18(16)24)10-15-19(25)22-21(27)23(20(15)26)9-8-13-6-4-3-5-7-13/h3-7,10-12,24H,8-9H2,1-2H3,(H,22,25,27)/b15-10+. The molecule has 8 nitrogen and oxygen atoms in total. The molecule has 0 atom stereocenters. The Balaban J connectivity index is 1.89. The van der Waals surface area contributed by atoms with Crippen molar-refractivity contribution in [2.45, 2.75) is 6.42 Å². The fourth-order valence-electron chi connectivity index (χ4n) is 2.95. The second-order valence-electron chi connectivity index (χ2n) is 6.28. The van der Waals surface area contributed by atoms with Crippen molar-refractivity contribution in [1.29, 1.82) is 0 Å². The van der Waals surface area contributed by atoms with Crippen LogP contribution in [0.1, 0.15) is 11.1 Å². The minimum Gasteiger partial charge on any atom is -0.502 e. The fraction of sp³-hybridized carbons (Fsp3) is 0.190. The van der Waals surface area contributed by atoms with Crippen molar-refractivity contribution >= 4 is 23.9 Å². The number of amides is 4. The number of benzene rings is 2. The van der Waals surface area contributed by atoms with E-state index in [2.05, 4.69) is 5.32 Å². The van der Waals surface area contributed by atoms with E-state index in [9.17, 15) is 19.5 Å². The Morgan fingerprint density at radius 3 is 2.24 bits per heavy atom. The highest BCUT2D eigenvalue weighted by Gasteiger charge is 2.35. The Kier molecular flexibility index (Phi) is 5.82. The molecule has 0 bridgehead atoms. The van der Waals surface area contributed by atoms with Crippen LogP contribution in [0.25, 0.3) is 6.08 Å². The van der Waals surface area contributed by atoms with Crippen LogP contribution in [0.15, 0.2) is 48.0 Å². The van der Waals surface area contributed by atoms with Gasteiger partial charge in [0.1, 0.15) is 5.57 Å². The van der Waals surface area contributed by atoms with Gasteiger partial charge in [0.15, 0.2) is 11.5 Å². The van der Waals surface area contributed by atoms with Crippen LogP contribution in [0, 0.1) is 0 Å². The van der Waals surface area contributed by atoms with Gasteiger partial charge in [0.2, 0.25) is 5.75 Å². The maximum Gasteiger partial charge on any atom is 0.331 e. The summed E-state index contributed by atoms with van der Waals surface area (Å²) >= 11 is 0. The molecule has 0 spiro atoms. The van der Waals surface area contributed by atoms with Crippen LogP contribution < -0.4 is 14.8 Å². The van der Waals surface area contributed by atoms with Crippen LogP contribution in [0.2, 0.25) is 0 Å². The first-order chi connectivity index (χ1) is 13.9. The second-order valence-corrected chi connectivity index (χ2v) is 6.28. The number of hydrogen-bond acceptors (Lipinski definition) is 6. The highest BCUT2D eigenvalue weighted by molar-refractivity contribution is 6.31. The van der Waals surface area contributed by atoms with Crippen LogP contribution in [0.5, 0.6) is 17.2 Å². The summed E-state index contributed by atoms with van der Waals surface area (Å²) in [7, 11) is 2.74. The number of nitrogens with one attached hydrogen (secondary N) is 1. The van der Waals surface area contributed by atoms with E-state index in [4.69, 9.17) is 9.47 Å². The summed E-state index contributed by atoms with van der Waals surface area (Å²) in [5.41, 5.74) is 1.16. The number of rotatable bonds is 6. The molecule has 29 heavy (non-hydrogen) atoms. The number of nitrogens with zero attached hydrogens (tertiary/aromatic N) is 1. The molecule has 3 rings (SSSR count). The van der Waals surface area contributed by atoms with E-state index < -0.39 is 17.8 Å². The molecular formula is C21H20N2O6. The Bertz CT molecular complexity index is 959. The summed E-state index contributed by atoms with van der Waals surface area (Å²) in [5, 5.41) is 12.2. The summed E-state index contributed by atoms with van der Waals surface area (Å²) in [6.07, 6.45) is 1.78. The van der Waals surface area contributed by atoms with Gasteiger partial charge in [-0.15, -0.1) is 0 Å². The summed E-state index contributed by atoms with van der Waals surface area (Å²) < 4.78 is 10.2. The number of phenols is 1. The third-order valence-electron chi connectivity index (χ3n) is 4.47. The monoisotopic (exact) mass is 396 g/mol. The van der Waals surface area contributed by atoms with Crippen LogP contribution in [0.3, 0.4) is 0 Å². The van der Waals surface area contributed by atoms with E-state index in [0.717, 1.165) is 10.5 Å². The van der Waals surface area contributed by atoms with Crippen LogP contribution in [0.4, 0.5) is 4.79 Å². The number of ether oxygens (including phenoxy) is 2. The zero-order chi connectivity index (χ0) is 21.0. The molecular weight excluding hydrogens is 376 g/mol. The van der Waals surface area contributed by atoms with E-state index in [1.807, 2.05) is 30.3 Å². The first kappa shape index (κ1) is 19.9. The lowest BCUT2D eigenvalue weighted by atomic mass is 10.1. The van der Waals surface area contributed by atoms with Crippen molar-refractivity contribution in [3.63, 3.8) is 0 Å². The molecule has 2 aromatic carbocycles. The number of urea groups is 1. The average Bonchev–Trinajstić information content (AvgIpc) is 2.72. The fourth-order valence-corrected chi connectivity index (χ4v) is 2.95. The van der Waals surface area contributed by atoms with Crippen LogP contribution in [-0.4, -0.2) is 48.6 Å². The number of phenolic OH excluding ortho intramolecular Hbond substituents is 1. The van der Waals surface area contributed by atoms with Crippen molar-refractivity contribution in [2.75, 3.05) is 20.8 Å². The Hall–Kier alpha value is -3.81. The molecule has 1 fully saturated rings. The lowest BCUT2D eigenvalue weighted by Gasteiger charge is -2.26. The van der Waals surface area contributed by atoms with Gasteiger partial charge in [0, 0.05) is 6.54 Å². The van der Waals surface area contributed by atoms with Gasteiger partial charge in [0.05, 0.1) is 14.2 Å². The molecule has 1 heterocycles. The summed E-state index contributed by atoms with van der Waals surface area (Å²) in [4.78, 5) is 38.2. The first-order valence-electron chi connectivity index (χ1n) is 8.82. The second kappa shape index (κ2) is 8.47. The van der Waals surface area contributed by atoms with Crippen molar-refractivity contribution in [3.05, 3.63) is 59.2 Å². The molecule has 0 saturated carbocycles. The van der Waals surface area contributed by atoms with Crippen LogP contribution >= 0.6 is 0 Å². The van der Waals surface area contributed by atoms with Crippen molar-refractivity contribution < 1.29 is 29.0 Å². The Morgan fingerprint density at radius 1 is 1.03 bits per heavy atom. The summed E-state index contributed by atoms with van der Waals surface area (Å²) in [6, 6.07) is 11.6. The number of barbiturate groups is 1. The lowest BCUT2D eigenvalue weighted by molar-refractivity contribution is -0.130. The summed E-state index contributed by atoms with van der Waals surface area (Å²) in [6.45, 7) is 0.127. The molecule has 0 aliphatic carbocycles. The number of aromatic hydroxyl groups is 1. The van der Waals surface area contributed by atoms with E-state index in [1.165, 1.54) is 32.4 Å². The largest absolute Gasteiger partial charge is 0.502 e. The maximum absolute atomic E-state index is 12.8. The van der Waals surface area contributed by atoms with E-state index in [1.54, 1.807) is 0 Å². The predicted molar refractivity (Wildman–Crippen MR) is 105 cm³/mol. The topological polar surface area (TPSA) is 105 Å². The molecule has 0 radical (unpaired) electrons. The van der Waals surface area contributed by atoms with Gasteiger partial charge in [-0.05, 0) is 35.8 Å². The third-order valence-corrected chi connectivity index (χ3v) is 4.47. The molecule has 8 heteroatoms. The molecule has 4 amide bonds. The van der Waals surface area contributed by atoms with Crippen molar-refractivity contribution in [3.8, 4) is 17.2 Å². The van der Waals surface area contributed by atoms with Crippen molar-refractivity contribution in [2.24, 2.45) is 0 Å². The molecule has 150 valence electrons. The van der Waals surface area contributed by atoms with E-state index in [0.29, 0.717) is 12.0 Å². The molecule has 1 aliphatic heterocycles. The predicted octanol–water partition coefficient (Wildman–Crippen LogP) is 2.11. The lowest BCUT2D eigenvalue weighted by Crippen LogP contribution is -2.54. The van der Waals surface area contributed by atoms with Gasteiger partial charge < -0.3 is 14.6 Å². The van der Waals surface area contributed by atoms with Crippen LogP contribution in [-0.2, 0) is 16.0 Å². The SMILES string of the molecule is COc1cc(/C=C2\C(=O)NC(=O)N(CCc3ccccc3)C2=O)cc(OC)c1O. The highest BCUT2D eigenvalue weighted by atomic mass is 16.5. The van der Waals surface area contributed by atoms with E-state index >= 15 is 0 Å². The number of imide groups is 2. The van der Waals surface area contributed by atoms with Gasteiger partial charge in [0.25, 0.3) is 11.8 Å². The minimum absolute atomic E-state index is 0.122. The van der Waals surface area contributed by atoms with Gasteiger partial charge in [-0.3, -0.25) is 19.8 Å². The zero-order valence-electron chi connectivity index (χ0n) is 16.0. The Labute approximate surface area is 167 Å². The highest BCUT2D eigenvalue weighted by Crippen LogP contribution is 2.37. The van der Waals surface area contributed by atoms with Gasteiger partial charge >= 0.3 is 6.03 Å². The average molecular weight is 396 g/mol. The maximum atomic E-state index is 12.8. The molecule has 1 aliphatic rings. The molecule has 2 N–H and O–H groups in total. The quantitative estimate of drug-likeness (QED) is 0.572. The zero-order valence-corrected chi connectivity index (χ0v) is 16.0. The number of hydrogen-bond donors (Lipinski definition) is 2. The summed E-state index contributed by atoms with van der Waals surface area (Å²) in [5.74, 6) is -1.44. The van der Waals surface area contributed by atoms with Crippen molar-refractivity contribution in [1.82, 2.24) is 10.2 Å². The normalized spacial score (nSPS) is 15.4. The minimum atomic E-state index is -0.790. The smallest absolute Gasteiger partial charge is 0.331 e. The molecule has 1 saturated heterocycles. The van der Waals surface area contributed by atoms with E-state index in [-0.39, 0.29) is 29.4 Å². The first-order valence-corrected chi connectivity index (χ1v) is 8.82. The third kappa shape index (κ3) is 4.21. The Morgan fingerprint density at radius 2 is 1.66 bits per heavy atom. The van der Waals surface area contributed by atoms with Gasteiger partial charge in [-0.2, -0.15) is 0 Å². The number of carbonyl (C=O) groups is 3. The molecule has 0 unspecified atom stereocenters. The number of carbonyl (C=O) groups excluding carboxylic acids is 3. The van der Waals surface area contributed by atoms with Gasteiger partial charge in [-0.1, -0.05) is 30.3 Å². The number of methoxy groups -OCH3 is 2. The van der Waals surface area contributed by atoms with Gasteiger partial charge in [-0.25, -0.2) is 4.79 Å². The molecule has 0 aromatic heterocycles.